The van der Waals surface area contributed by atoms with Crippen molar-refractivity contribution in [3.8, 4) is 0 Å². The summed E-state index contributed by atoms with van der Waals surface area (Å²) in [5, 5.41) is 5.42. The number of nitrogens with one attached hydrogen (secondary N) is 2. The number of halogens is 2. The molecule has 0 saturated carbocycles. The summed E-state index contributed by atoms with van der Waals surface area (Å²) in [4.78, 5) is 11.3. The van der Waals surface area contributed by atoms with Crippen molar-refractivity contribution < 1.29 is 18.3 Å². The molecule has 1 aromatic carbocycles. The molecule has 0 bridgehead atoms. The lowest BCUT2D eigenvalue weighted by atomic mass is 10.2. The summed E-state index contributed by atoms with van der Waals surface area (Å²) in [6, 6.07) is 3.34. The van der Waals surface area contributed by atoms with Gasteiger partial charge in [-0.15, -0.1) is 0 Å². The van der Waals surface area contributed by atoms with Crippen molar-refractivity contribution in [2.45, 2.75) is 32.8 Å². The van der Waals surface area contributed by atoms with Crippen LogP contribution >= 0.6 is 0 Å². The third-order valence-electron chi connectivity index (χ3n) is 2.27. The number of benzene rings is 1. The van der Waals surface area contributed by atoms with Gasteiger partial charge in [-0.25, -0.2) is 13.6 Å². The fraction of sp³-hybridized carbons (Fsp3) is 0.500. The van der Waals surface area contributed by atoms with Crippen LogP contribution in [0.1, 0.15) is 27.2 Å². The molecule has 0 aliphatic heterocycles. The van der Waals surface area contributed by atoms with Crippen LogP contribution in [0, 0.1) is 11.6 Å². The molecule has 0 heterocycles. The SMILES string of the molecule is CC(C)(C)OC(=O)NCCCNc1ccc(F)cc1F. The molecule has 112 valence electrons. The van der Waals surface area contributed by atoms with Gasteiger partial charge in [0.15, 0.2) is 0 Å². The normalized spacial score (nSPS) is 11.1. The summed E-state index contributed by atoms with van der Waals surface area (Å²) in [5.74, 6) is -1.25. The molecule has 0 unspecified atom stereocenters. The van der Waals surface area contributed by atoms with Gasteiger partial charge in [0.1, 0.15) is 17.2 Å². The highest BCUT2D eigenvalue weighted by Crippen LogP contribution is 2.14. The molecule has 0 atom stereocenters. The maximum Gasteiger partial charge on any atom is 0.407 e. The molecule has 1 aromatic rings. The van der Waals surface area contributed by atoms with E-state index in [1.165, 1.54) is 12.1 Å². The molecule has 0 fully saturated rings. The molecule has 0 spiro atoms. The lowest BCUT2D eigenvalue weighted by Gasteiger charge is -2.19. The minimum Gasteiger partial charge on any atom is -0.444 e. The van der Waals surface area contributed by atoms with E-state index < -0.39 is 23.3 Å². The van der Waals surface area contributed by atoms with Crippen molar-refractivity contribution in [1.82, 2.24) is 5.32 Å². The van der Waals surface area contributed by atoms with E-state index in [2.05, 4.69) is 10.6 Å². The molecule has 1 rings (SSSR count). The van der Waals surface area contributed by atoms with E-state index in [4.69, 9.17) is 4.74 Å². The van der Waals surface area contributed by atoms with Gasteiger partial charge in [-0.05, 0) is 39.3 Å². The number of amides is 1. The number of anilines is 1. The molecule has 4 nitrogen and oxygen atoms in total. The zero-order valence-corrected chi connectivity index (χ0v) is 11.9. The zero-order chi connectivity index (χ0) is 15.2. The first kappa shape index (κ1) is 16.2. The minimum atomic E-state index is -0.634. The second kappa shape index (κ2) is 7.07. The molecule has 0 aromatic heterocycles. The van der Waals surface area contributed by atoms with Crippen LogP contribution in [0.2, 0.25) is 0 Å². The lowest BCUT2D eigenvalue weighted by molar-refractivity contribution is 0.0528. The van der Waals surface area contributed by atoms with Crippen LogP contribution in [0.15, 0.2) is 18.2 Å². The number of alkyl carbamates (subject to hydrolysis) is 1. The van der Waals surface area contributed by atoms with Crippen molar-refractivity contribution in [1.29, 1.82) is 0 Å². The highest BCUT2D eigenvalue weighted by molar-refractivity contribution is 5.67. The van der Waals surface area contributed by atoms with Crippen molar-refractivity contribution in [3.05, 3.63) is 29.8 Å². The number of hydrogen-bond donors (Lipinski definition) is 2. The van der Waals surface area contributed by atoms with Crippen LogP contribution in [0.4, 0.5) is 19.3 Å². The second-order valence-electron chi connectivity index (χ2n) is 5.33. The Bertz CT molecular complexity index is 459. The van der Waals surface area contributed by atoms with Gasteiger partial charge in [0.25, 0.3) is 0 Å². The van der Waals surface area contributed by atoms with Crippen molar-refractivity contribution in [2.75, 3.05) is 18.4 Å². The maximum absolute atomic E-state index is 13.3. The van der Waals surface area contributed by atoms with Crippen LogP contribution in [-0.2, 0) is 4.74 Å². The van der Waals surface area contributed by atoms with E-state index in [-0.39, 0.29) is 5.69 Å². The molecule has 2 N–H and O–H groups in total. The van der Waals surface area contributed by atoms with Crippen LogP contribution in [-0.4, -0.2) is 24.8 Å². The monoisotopic (exact) mass is 286 g/mol. The first-order valence-corrected chi connectivity index (χ1v) is 6.44. The molecule has 1 amide bonds. The largest absolute Gasteiger partial charge is 0.444 e. The predicted molar refractivity (Wildman–Crippen MR) is 73.7 cm³/mol. The quantitative estimate of drug-likeness (QED) is 0.817. The Balaban J connectivity index is 2.21. The van der Waals surface area contributed by atoms with Crippen molar-refractivity contribution in [3.63, 3.8) is 0 Å². The van der Waals surface area contributed by atoms with Crippen LogP contribution in [0.5, 0.6) is 0 Å². The van der Waals surface area contributed by atoms with Gasteiger partial charge in [-0.3, -0.25) is 0 Å². The predicted octanol–water partition coefficient (Wildman–Crippen LogP) is 3.29. The van der Waals surface area contributed by atoms with E-state index in [9.17, 15) is 13.6 Å². The summed E-state index contributed by atoms with van der Waals surface area (Å²) in [5.41, 5.74) is -0.289. The highest BCUT2D eigenvalue weighted by atomic mass is 19.1. The number of carbonyl (C=O) groups is 1. The Morgan fingerprint density at radius 3 is 2.55 bits per heavy atom. The maximum atomic E-state index is 13.3. The van der Waals surface area contributed by atoms with E-state index in [1.807, 2.05) is 0 Å². The lowest BCUT2D eigenvalue weighted by Crippen LogP contribution is -2.33. The summed E-state index contributed by atoms with van der Waals surface area (Å²) in [7, 11) is 0. The smallest absolute Gasteiger partial charge is 0.407 e. The molecule has 6 heteroatoms. The first-order chi connectivity index (χ1) is 9.28. The van der Waals surface area contributed by atoms with Crippen LogP contribution in [0.25, 0.3) is 0 Å². The standard InChI is InChI=1S/C14H20F2N2O2/c1-14(2,3)20-13(19)18-8-4-7-17-12-6-5-10(15)9-11(12)16/h5-6,9,17H,4,7-8H2,1-3H3,(H,18,19). The van der Waals surface area contributed by atoms with E-state index in [0.717, 1.165) is 6.07 Å². The van der Waals surface area contributed by atoms with Gasteiger partial charge in [-0.1, -0.05) is 0 Å². The first-order valence-electron chi connectivity index (χ1n) is 6.44. The van der Waals surface area contributed by atoms with E-state index in [0.29, 0.717) is 19.5 Å². The zero-order valence-electron chi connectivity index (χ0n) is 11.9. The fourth-order valence-electron chi connectivity index (χ4n) is 1.45. The Morgan fingerprint density at radius 2 is 1.95 bits per heavy atom. The summed E-state index contributed by atoms with van der Waals surface area (Å²) >= 11 is 0. The van der Waals surface area contributed by atoms with Gasteiger partial charge in [0, 0.05) is 19.2 Å². The molecule has 0 saturated heterocycles. The van der Waals surface area contributed by atoms with E-state index >= 15 is 0 Å². The second-order valence-corrected chi connectivity index (χ2v) is 5.33. The van der Waals surface area contributed by atoms with Gasteiger partial charge < -0.3 is 15.4 Å². The highest BCUT2D eigenvalue weighted by Gasteiger charge is 2.15. The summed E-state index contributed by atoms with van der Waals surface area (Å²) < 4.78 is 31.0. The van der Waals surface area contributed by atoms with Crippen molar-refractivity contribution >= 4 is 11.8 Å². The molecule has 0 aliphatic rings. The molecule has 0 aliphatic carbocycles. The molecule has 0 radical (unpaired) electrons. The Hall–Kier alpha value is -1.85. The topological polar surface area (TPSA) is 50.4 Å². The molecule has 20 heavy (non-hydrogen) atoms. The molecular formula is C14H20F2N2O2. The molecular weight excluding hydrogens is 266 g/mol. The van der Waals surface area contributed by atoms with Gasteiger partial charge in [0.2, 0.25) is 0 Å². The minimum absolute atomic E-state index is 0.240. The average molecular weight is 286 g/mol. The van der Waals surface area contributed by atoms with Crippen molar-refractivity contribution in [2.24, 2.45) is 0 Å². The van der Waals surface area contributed by atoms with Gasteiger partial charge in [0.05, 0.1) is 5.69 Å². The van der Waals surface area contributed by atoms with Crippen LogP contribution in [0.3, 0.4) is 0 Å². The van der Waals surface area contributed by atoms with Gasteiger partial charge >= 0.3 is 6.09 Å². The fourth-order valence-corrected chi connectivity index (χ4v) is 1.45. The van der Waals surface area contributed by atoms with Gasteiger partial charge in [-0.2, -0.15) is 0 Å². The number of carbonyl (C=O) groups excluding carboxylic acids is 1. The third-order valence-corrected chi connectivity index (χ3v) is 2.27. The number of hydrogen-bond acceptors (Lipinski definition) is 3. The Kier molecular flexibility index (Phi) is 5.73. The van der Waals surface area contributed by atoms with E-state index in [1.54, 1.807) is 20.8 Å². The Morgan fingerprint density at radius 1 is 1.25 bits per heavy atom. The number of rotatable bonds is 5. The Labute approximate surface area is 117 Å². The third kappa shape index (κ3) is 6.36. The van der Waals surface area contributed by atoms with Crippen LogP contribution < -0.4 is 10.6 Å². The summed E-state index contributed by atoms with van der Waals surface area (Å²) in [6.45, 7) is 6.21. The summed E-state index contributed by atoms with van der Waals surface area (Å²) in [6.07, 6.45) is 0.112. The number of ether oxygens (including phenoxy) is 1. The average Bonchev–Trinajstić information content (AvgIpc) is 2.28.